The quantitative estimate of drug-likeness (QED) is 0.672. The summed E-state index contributed by atoms with van der Waals surface area (Å²) in [6.45, 7) is 9.54. The van der Waals surface area contributed by atoms with Crippen LogP contribution in [0, 0.1) is 0 Å². The minimum Gasteiger partial charge on any atom is -0.389 e. The van der Waals surface area contributed by atoms with Crippen LogP contribution in [0.2, 0.25) is 0 Å². The largest absolute Gasteiger partial charge is 0.389 e. The third-order valence-electron chi connectivity index (χ3n) is 3.47. The average molecular weight is 244 g/mol. The molecule has 102 valence electrons. The average Bonchev–Trinajstić information content (AvgIpc) is 2.30. The van der Waals surface area contributed by atoms with Gasteiger partial charge in [-0.25, -0.2) is 0 Å². The zero-order chi connectivity index (χ0) is 12.7. The van der Waals surface area contributed by atoms with Crippen molar-refractivity contribution < 1.29 is 9.84 Å². The van der Waals surface area contributed by atoms with E-state index in [0.29, 0.717) is 12.6 Å². The van der Waals surface area contributed by atoms with Gasteiger partial charge >= 0.3 is 0 Å². The Morgan fingerprint density at radius 1 is 1.41 bits per heavy atom. The van der Waals surface area contributed by atoms with E-state index in [1.165, 1.54) is 0 Å². The smallest absolute Gasteiger partial charge is 0.0900 e. The molecule has 1 aliphatic heterocycles. The summed E-state index contributed by atoms with van der Waals surface area (Å²) in [5.41, 5.74) is 0. The molecule has 1 N–H and O–H groups in total. The van der Waals surface area contributed by atoms with Crippen molar-refractivity contribution in [1.29, 1.82) is 0 Å². The van der Waals surface area contributed by atoms with Crippen LogP contribution in [0.1, 0.15) is 26.7 Å². The number of ether oxygens (including phenoxy) is 1. The molecule has 1 rings (SSSR count). The van der Waals surface area contributed by atoms with E-state index < -0.39 is 0 Å². The molecule has 0 bridgehead atoms. The van der Waals surface area contributed by atoms with Crippen LogP contribution < -0.4 is 0 Å². The maximum Gasteiger partial charge on any atom is 0.0900 e. The van der Waals surface area contributed by atoms with Crippen LogP contribution in [-0.2, 0) is 4.74 Å². The summed E-state index contributed by atoms with van der Waals surface area (Å²) in [4.78, 5) is 4.69. The highest BCUT2D eigenvalue weighted by atomic mass is 16.5. The first-order chi connectivity index (χ1) is 8.13. The molecule has 0 aliphatic carbocycles. The van der Waals surface area contributed by atoms with E-state index in [2.05, 4.69) is 30.7 Å². The van der Waals surface area contributed by atoms with Gasteiger partial charge in [0.2, 0.25) is 0 Å². The summed E-state index contributed by atoms with van der Waals surface area (Å²) in [6, 6.07) is 0.581. The molecule has 0 aromatic carbocycles. The van der Waals surface area contributed by atoms with Crippen LogP contribution in [-0.4, -0.2) is 73.5 Å². The fourth-order valence-corrected chi connectivity index (χ4v) is 2.11. The van der Waals surface area contributed by atoms with Crippen LogP contribution in [0.15, 0.2) is 0 Å². The first-order valence-corrected chi connectivity index (χ1v) is 6.82. The Kier molecular flexibility index (Phi) is 7.04. The van der Waals surface area contributed by atoms with Crippen LogP contribution in [0.5, 0.6) is 0 Å². The number of rotatable bonds is 7. The molecule has 0 radical (unpaired) electrons. The number of likely N-dealkylation sites (N-methyl/N-ethyl adjacent to an activating group) is 1. The minimum atomic E-state index is -0.345. The molecule has 1 aliphatic rings. The van der Waals surface area contributed by atoms with Crippen molar-refractivity contribution in [3.8, 4) is 0 Å². The van der Waals surface area contributed by atoms with E-state index in [0.717, 1.165) is 45.6 Å². The standard InChI is InChI=1S/C13H28N2O2/c1-4-5-8-17-11-13(16)10-15-7-6-14(3)12(2)9-15/h12-13,16H,4-11H2,1-3H3. The SMILES string of the molecule is CCCCOCC(O)CN1CCN(C)C(C)C1. The zero-order valence-corrected chi connectivity index (χ0v) is 11.6. The van der Waals surface area contributed by atoms with Crippen LogP contribution in [0.4, 0.5) is 0 Å². The van der Waals surface area contributed by atoms with Crippen molar-refractivity contribution in [3.05, 3.63) is 0 Å². The summed E-state index contributed by atoms with van der Waals surface area (Å²) >= 11 is 0. The van der Waals surface area contributed by atoms with Gasteiger partial charge in [-0.05, 0) is 20.4 Å². The lowest BCUT2D eigenvalue weighted by Crippen LogP contribution is -2.52. The van der Waals surface area contributed by atoms with Gasteiger partial charge in [0.15, 0.2) is 0 Å². The molecule has 4 heteroatoms. The first-order valence-electron chi connectivity index (χ1n) is 6.82. The second-order valence-corrected chi connectivity index (χ2v) is 5.17. The van der Waals surface area contributed by atoms with Gasteiger partial charge in [0.1, 0.15) is 0 Å². The number of β-amino-alcohol motifs (C(OH)–C–C–N with tert-alkyl or cyclic N) is 1. The monoisotopic (exact) mass is 244 g/mol. The second-order valence-electron chi connectivity index (χ2n) is 5.17. The highest BCUT2D eigenvalue weighted by Crippen LogP contribution is 2.07. The Morgan fingerprint density at radius 2 is 2.18 bits per heavy atom. The molecular weight excluding hydrogens is 216 g/mol. The molecule has 4 nitrogen and oxygen atoms in total. The van der Waals surface area contributed by atoms with Gasteiger partial charge in [0.05, 0.1) is 12.7 Å². The Bertz CT molecular complexity index is 202. The molecule has 1 saturated heterocycles. The van der Waals surface area contributed by atoms with E-state index in [9.17, 15) is 5.11 Å². The lowest BCUT2D eigenvalue weighted by molar-refractivity contribution is 0.00152. The summed E-state index contributed by atoms with van der Waals surface area (Å²) in [6.07, 6.45) is 1.88. The maximum atomic E-state index is 9.87. The summed E-state index contributed by atoms with van der Waals surface area (Å²) < 4.78 is 5.44. The van der Waals surface area contributed by atoms with E-state index in [1.807, 2.05) is 0 Å². The first kappa shape index (κ1) is 14.9. The normalized spacial score (nSPS) is 25.1. The molecule has 1 fully saturated rings. The van der Waals surface area contributed by atoms with Gasteiger partial charge in [-0.1, -0.05) is 13.3 Å². The molecule has 0 saturated carbocycles. The highest BCUT2D eigenvalue weighted by Gasteiger charge is 2.22. The number of aliphatic hydroxyl groups excluding tert-OH is 1. The van der Waals surface area contributed by atoms with Gasteiger partial charge in [-0.15, -0.1) is 0 Å². The molecule has 0 spiro atoms. The number of hydrogen-bond acceptors (Lipinski definition) is 4. The Morgan fingerprint density at radius 3 is 2.82 bits per heavy atom. The summed E-state index contributed by atoms with van der Waals surface area (Å²) in [5, 5.41) is 9.87. The van der Waals surface area contributed by atoms with Crippen molar-refractivity contribution >= 4 is 0 Å². The second kappa shape index (κ2) is 8.03. The summed E-state index contributed by atoms with van der Waals surface area (Å²) in [5.74, 6) is 0. The maximum absolute atomic E-state index is 9.87. The van der Waals surface area contributed by atoms with Crippen molar-refractivity contribution in [2.24, 2.45) is 0 Å². The Labute approximate surface area is 106 Å². The fraction of sp³-hybridized carbons (Fsp3) is 1.00. The van der Waals surface area contributed by atoms with Gasteiger partial charge in [0, 0.05) is 38.8 Å². The summed E-state index contributed by atoms with van der Waals surface area (Å²) in [7, 11) is 2.16. The fourth-order valence-electron chi connectivity index (χ4n) is 2.11. The number of hydrogen-bond donors (Lipinski definition) is 1. The number of unbranched alkanes of at least 4 members (excludes halogenated alkanes) is 1. The molecule has 0 aromatic rings. The number of aliphatic hydroxyl groups is 1. The van der Waals surface area contributed by atoms with E-state index >= 15 is 0 Å². The third-order valence-corrected chi connectivity index (χ3v) is 3.47. The van der Waals surface area contributed by atoms with E-state index in [1.54, 1.807) is 0 Å². The predicted octanol–water partition coefficient (Wildman–Crippen LogP) is 0.800. The lowest BCUT2D eigenvalue weighted by atomic mass is 10.2. The molecule has 2 unspecified atom stereocenters. The van der Waals surface area contributed by atoms with E-state index in [4.69, 9.17) is 4.74 Å². The van der Waals surface area contributed by atoms with Crippen molar-refractivity contribution in [2.75, 3.05) is 46.4 Å². The Hall–Kier alpha value is -0.160. The van der Waals surface area contributed by atoms with E-state index in [-0.39, 0.29) is 6.10 Å². The Balaban J connectivity index is 2.11. The molecule has 2 atom stereocenters. The van der Waals surface area contributed by atoms with Crippen LogP contribution >= 0.6 is 0 Å². The number of piperazine rings is 1. The van der Waals surface area contributed by atoms with Crippen molar-refractivity contribution in [1.82, 2.24) is 9.80 Å². The predicted molar refractivity (Wildman–Crippen MR) is 70.3 cm³/mol. The van der Waals surface area contributed by atoms with Crippen LogP contribution in [0.3, 0.4) is 0 Å². The van der Waals surface area contributed by atoms with Crippen LogP contribution in [0.25, 0.3) is 0 Å². The van der Waals surface area contributed by atoms with Gasteiger partial charge < -0.3 is 14.7 Å². The van der Waals surface area contributed by atoms with Gasteiger partial charge in [-0.3, -0.25) is 4.90 Å². The van der Waals surface area contributed by atoms with Gasteiger partial charge in [0.25, 0.3) is 0 Å². The zero-order valence-electron chi connectivity index (χ0n) is 11.6. The number of nitrogens with zero attached hydrogens (tertiary/aromatic N) is 2. The molecule has 17 heavy (non-hydrogen) atoms. The lowest BCUT2D eigenvalue weighted by Gasteiger charge is -2.38. The molecule has 0 amide bonds. The molecular formula is C13H28N2O2. The molecule has 1 heterocycles. The molecule has 0 aromatic heterocycles. The minimum absolute atomic E-state index is 0.345. The van der Waals surface area contributed by atoms with Crippen molar-refractivity contribution in [2.45, 2.75) is 38.8 Å². The van der Waals surface area contributed by atoms with Gasteiger partial charge in [-0.2, -0.15) is 0 Å². The topological polar surface area (TPSA) is 35.9 Å². The highest BCUT2D eigenvalue weighted by molar-refractivity contribution is 4.78. The van der Waals surface area contributed by atoms with Crippen molar-refractivity contribution in [3.63, 3.8) is 0 Å². The third kappa shape index (κ3) is 5.82.